The van der Waals surface area contributed by atoms with Gasteiger partial charge in [-0.3, -0.25) is 4.79 Å². The van der Waals surface area contributed by atoms with Gasteiger partial charge in [0.1, 0.15) is 6.61 Å². The summed E-state index contributed by atoms with van der Waals surface area (Å²) in [5, 5.41) is 5.65. The largest absolute Gasteiger partial charge is 0.449 e. The third kappa shape index (κ3) is 9.80. The number of carbonyl (C=O) groups is 2. The third-order valence-corrected chi connectivity index (χ3v) is 6.09. The maximum atomic E-state index is 12.2. The van der Waals surface area contributed by atoms with Gasteiger partial charge in [-0.05, 0) is 41.5 Å². The van der Waals surface area contributed by atoms with Crippen molar-refractivity contribution in [3.05, 3.63) is 59.7 Å². The number of benzene rings is 2. The maximum Gasteiger partial charge on any atom is 0.407 e. The van der Waals surface area contributed by atoms with Crippen LogP contribution in [0.4, 0.5) is 4.79 Å². The Balaban J connectivity index is 1.13. The van der Waals surface area contributed by atoms with Gasteiger partial charge in [-0.2, -0.15) is 0 Å². The van der Waals surface area contributed by atoms with E-state index >= 15 is 0 Å². The number of hydrogen-bond acceptors (Lipinski definition) is 6. The Hall–Kier alpha value is -2.94. The molecular weight excluding hydrogens is 472 g/mol. The highest BCUT2D eigenvalue weighted by atomic mass is 16.6. The van der Waals surface area contributed by atoms with Gasteiger partial charge in [0.25, 0.3) is 0 Å². The van der Waals surface area contributed by atoms with E-state index in [-0.39, 0.29) is 11.8 Å². The van der Waals surface area contributed by atoms with E-state index in [0.29, 0.717) is 72.2 Å². The third-order valence-electron chi connectivity index (χ3n) is 6.09. The summed E-state index contributed by atoms with van der Waals surface area (Å²) in [7, 11) is 0. The summed E-state index contributed by atoms with van der Waals surface area (Å²) in [6, 6.07) is 16.6. The van der Waals surface area contributed by atoms with Crippen molar-refractivity contribution in [2.24, 2.45) is 0 Å². The summed E-state index contributed by atoms with van der Waals surface area (Å²) in [6.07, 6.45) is 2.52. The van der Waals surface area contributed by atoms with E-state index in [1.165, 1.54) is 22.3 Å². The first-order valence-electron chi connectivity index (χ1n) is 13.3. The molecule has 0 aromatic heterocycles. The first-order chi connectivity index (χ1) is 18.2. The highest BCUT2D eigenvalue weighted by molar-refractivity contribution is 5.79. The summed E-state index contributed by atoms with van der Waals surface area (Å²) in [5.74, 6) is 0.156. The molecule has 3 rings (SSSR count). The summed E-state index contributed by atoms with van der Waals surface area (Å²) in [6.45, 7) is 6.59. The van der Waals surface area contributed by atoms with E-state index in [9.17, 15) is 9.59 Å². The highest BCUT2D eigenvalue weighted by Crippen LogP contribution is 2.44. The Bertz CT molecular complexity index is 921. The minimum Gasteiger partial charge on any atom is -0.449 e. The zero-order chi connectivity index (χ0) is 26.1. The molecule has 37 heavy (non-hydrogen) atoms. The van der Waals surface area contributed by atoms with Crippen LogP contribution in [0.15, 0.2) is 48.5 Å². The van der Waals surface area contributed by atoms with Gasteiger partial charge in [0.15, 0.2) is 0 Å². The molecule has 0 unspecified atom stereocenters. The molecule has 2 N–H and O–H groups in total. The lowest BCUT2D eigenvalue weighted by atomic mass is 9.98. The van der Waals surface area contributed by atoms with Gasteiger partial charge in [0.2, 0.25) is 5.91 Å². The molecule has 0 radical (unpaired) electrons. The molecule has 1 aliphatic rings. The lowest BCUT2D eigenvalue weighted by Crippen LogP contribution is -2.27. The van der Waals surface area contributed by atoms with E-state index in [1.54, 1.807) is 0 Å². The van der Waals surface area contributed by atoms with Crippen LogP contribution in [0.2, 0.25) is 0 Å². The fraction of sp³-hybridized carbons (Fsp3) is 0.517. The number of rotatable bonds is 18. The molecule has 8 heteroatoms. The predicted molar refractivity (Wildman–Crippen MR) is 143 cm³/mol. The predicted octanol–water partition coefficient (Wildman–Crippen LogP) is 4.27. The van der Waals surface area contributed by atoms with Crippen molar-refractivity contribution >= 4 is 12.0 Å². The second-order valence-electron chi connectivity index (χ2n) is 8.90. The Morgan fingerprint density at radius 2 is 1.24 bits per heavy atom. The summed E-state index contributed by atoms with van der Waals surface area (Å²) >= 11 is 0. The number of alkyl carbamates (subject to hydrolysis) is 1. The smallest absolute Gasteiger partial charge is 0.407 e. The molecular formula is C29H40N2O6. The van der Waals surface area contributed by atoms with Crippen LogP contribution in [0, 0.1) is 0 Å². The normalized spacial score (nSPS) is 12.1. The average Bonchev–Trinajstić information content (AvgIpc) is 3.23. The molecule has 0 fully saturated rings. The number of fused-ring (bicyclic) bond motifs is 3. The minimum absolute atomic E-state index is 0.0603. The van der Waals surface area contributed by atoms with Crippen LogP contribution >= 0.6 is 0 Å². The van der Waals surface area contributed by atoms with Crippen LogP contribution in [0.25, 0.3) is 11.1 Å². The summed E-state index contributed by atoms with van der Waals surface area (Å²) < 4.78 is 22.0. The fourth-order valence-electron chi connectivity index (χ4n) is 4.27. The second-order valence-corrected chi connectivity index (χ2v) is 8.90. The zero-order valence-corrected chi connectivity index (χ0v) is 21.8. The maximum absolute atomic E-state index is 12.2. The molecule has 2 aromatic carbocycles. The van der Waals surface area contributed by atoms with Crippen LogP contribution in [0.1, 0.15) is 49.7 Å². The lowest BCUT2D eigenvalue weighted by molar-refractivity contribution is -0.121. The molecule has 0 bridgehead atoms. The molecule has 0 saturated heterocycles. The van der Waals surface area contributed by atoms with Crippen LogP contribution in [0.3, 0.4) is 0 Å². The number of ether oxygens (including phenoxy) is 4. The average molecular weight is 513 g/mol. The van der Waals surface area contributed by atoms with Gasteiger partial charge in [0.05, 0.1) is 26.4 Å². The standard InChI is InChI=1S/C29H40N2O6/c1-2-9-28(32)30-14-7-16-34-18-20-36-21-19-35-17-8-15-31-29(33)37-22-27-25-12-5-3-10-23(25)24-11-4-6-13-26(24)27/h3-6,10-13,27H,2,7-9,14-22H2,1H3,(H,30,32)(H,31,33). The van der Waals surface area contributed by atoms with E-state index in [2.05, 4.69) is 34.9 Å². The van der Waals surface area contributed by atoms with E-state index in [4.69, 9.17) is 18.9 Å². The first kappa shape index (κ1) is 28.6. The number of amides is 2. The van der Waals surface area contributed by atoms with Crippen LogP contribution in [-0.4, -0.2) is 71.3 Å². The number of hydrogen-bond donors (Lipinski definition) is 2. The lowest BCUT2D eigenvalue weighted by Gasteiger charge is -2.14. The fourth-order valence-corrected chi connectivity index (χ4v) is 4.27. The van der Waals surface area contributed by atoms with E-state index in [1.807, 2.05) is 31.2 Å². The molecule has 0 saturated carbocycles. The quantitative estimate of drug-likeness (QED) is 0.290. The minimum atomic E-state index is -0.409. The Morgan fingerprint density at radius 3 is 1.81 bits per heavy atom. The molecule has 0 heterocycles. The first-order valence-corrected chi connectivity index (χ1v) is 13.3. The Morgan fingerprint density at radius 1 is 0.730 bits per heavy atom. The van der Waals surface area contributed by atoms with Gasteiger partial charge in [-0.1, -0.05) is 55.5 Å². The number of carbonyl (C=O) groups excluding carboxylic acids is 2. The van der Waals surface area contributed by atoms with Crippen molar-refractivity contribution in [2.75, 3.05) is 59.3 Å². The molecule has 1 aliphatic carbocycles. The van der Waals surface area contributed by atoms with Crippen LogP contribution < -0.4 is 10.6 Å². The molecule has 2 aromatic rings. The SMILES string of the molecule is CCCC(=O)NCCCOCCOCCOCCCNC(=O)OCC1c2ccccc2-c2ccccc21. The van der Waals surface area contributed by atoms with Crippen molar-refractivity contribution in [3.63, 3.8) is 0 Å². The van der Waals surface area contributed by atoms with Gasteiger partial charge in [0, 0.05) is 38.6 Å². The summed E-state index contributed by atoms with van der Waals surface area (Å²) in [4.78, 5) is 23.5. The monoisotopic (exact) mass is 512 g/mol. The van der Waals surface area contributed by atoms with Gasteiger partial charge in [-0.15, -0.1) is 0 Å². The zero-order valence-electron chi connectivity index (χ0n) is 21.8. The molecule has 0 atom stereocenters. The van der Waals surface area contributed by atoms with Crippen LogP contribution in [0.5, 0.6) is 0 Å². The molecule has 0 spiro atoms. The van der Waals surface area contributed by atoms with Crippen molar-refractivity contribution < 1.29 is 28.5 Å². The highest BCUT2D eigenvalue weighted by Gasteiger charge is 2.28. The van der Waals surface area contributed by atoms with Crippen molar-refractivity contribution in [1.29, 1.82) is 0 Å². The number of nitrogens with one attached hydrogen (secondary N) is 2. The second kappa shape index (κ2) is 16.7. The van der Waals surface area contributed by atoms with Gasteiger partial charge >= 0.3 is 6.09 Å². The van der Waals surface area contributed by atoms with Crippen molar-refractivity contribution in [1.82, 2.24) is 10.6 Å². The van der Waals surface area contributed by atoms with Crippen LogP contribution in [-0.2, 0) is 23.7 Å². The molecule has 2 amide bonds. The van der Waals surface area contributed by atoms with Gasteiger partial charge < -0.3 is 29.6 Å². The molecule has 8 nitrogen and oxygen atoms in total. The Kier molecular flexibility index (Phi) is 12.9. The van der Waals surface area contributed by atoms with Crippen molar-refractivity contribution in [2.45, 2.75) is 38.5 Å². The van der Waals surface area contributed by atoms with Gasteiger partial charge in [-0.25, -0.2) is 4.79 Å². The summed E-state index contributed by atoms with van der Waals surface area (Å²) in [5.41, 5.74) is 4.83. The van der Waals surface area contributed by atoms with E-state index < -0.39 is 6.09 Å². The Labute approximate surface area is 220 Å². The topological polar surface area (TPSA) is 95.1 Å². The molecule has 202 valence electrons. The van der Waals surface area contributed by atoms with E-state index in [0.717, 1.165) is 12.8 Å². The molecule has 0 aliphatic heterocycles. The van der Waals surface area contributed by atoms with Crippen molar-refractivity contribution in [3.8, 4) is 11.1 Å².